The highest BCUT2D eigenvalue weighted by Crippen LogP contribution is 2.35. The highest BCUT2D eigenvalue weighted by atomic mass is 16.5. The molecule has 0 fully saturated rings. The van der Waals surface area contributed by atoms with Gasteiger partial charge in [-0.1, -0.05) is 13.0 Å². The van der Waals surface area contributed by atoms with Crippen molar-refractivity contribution in [3.63, 3.8) is 0 Å². The van der Waals surface area contributed by atoms with Crippen molar-refractivity contribution in [2.45, 2.75) is 33.1 Å². The molecule has 2 aromatic heterocycles. The van der Waals surface area contributed by atoms with Crippen LogP contribution < -0.4 is 0 Å². The Labute approximate surface area is 129 Å². The van der Waals surface area contributed by atoms with Crippen molar-refractivity contribution < 1.29 is 9.53 Å². The molecular formula is C17H21N3O2. The molecule has 2 unspecified atom stereocenters. The van der Waals surface area contributed by atoms with Gasteiger partial charge in [-0.05, 0) is 43.7 Å². The molecule has 0 saturated carbocycles. The molecule has 116 valence electrons. The maximum atomic E-state index is 11.9. The first-order valence-corrected chi connectivity index (χ1v) is 7.84. The molecule has 0 radical (unpaired) electrons. The van der Waals surface area contributed by atoms with E-state index < -0.39 is 0 Å². The van der Waals surface area contributed by atoms with Gasteiger partial charge in [-0.3, -0.25) is 14.9 Å². The van der Waals surface area contributed by atoms with E-state index in [0.29, 0.717) is 12.5 Å². The molecule has 0 amide bonds. The first-order valence-electron chi connectivity index (χ1n) is 7.84. The SMILES string of the molecule is CCOC(=O)C(C)C1CC=C(c2ccnc3cn[nH]c23)CC1. The van der Waals surface area contributed by atoms with E-state index in [1.807, 2.05) is 26.1 Å². The Kier molecular flexibility index (Phi) is 4.22. The molecule has 1 aliphatic rings. The summed E-state index contributed by atoms with van der Waals surface area (Å²) in [6.45, 7) is 4.27. The van der Waals surface area contributed by atoms with Crippen molar-refractivity contribution in [2.24, 2.45) is 11.8 Å². The third kappa shape index (κ3) is 2.75. The maximum Gasteiger partial charge on any atom is 0.308 e. The van der Waals surface area contributed by atoms with E-state index in [9.17, 15) is 4.79 Å². The van der Waals surface area contributed by atoms with Crippen LogP contribution in [0.1, 0.15) is 38.7 Å². The normalized spacial score (nSPS) is 19.7. The summed E-state index contributed by atoms with van der Waals surface area (Å²) in [5, 5.41) is 7.09. The summed E-state index contributed by atoms with van der Waals surface area (Å²) in [4.78, 5) is 16.2. The number of aromatic nitrogens is 3. The average Bonchev–Trinajstić information content (AvgIpc) is 3.03. The molecule has 5 heteroatoms. The minimum atomic E-state index is -0.0794. The summed E-state index contributed by atoms with van der Waals surface area (Å²) < 4.78 is 5.13. The molecule has 0 aliphatic heterocycles. The number of esters is 1. The lowest BCUT2D eigenvalue weighted by Crippen LogP contribution is -2.24. The number of H-pyrrole nitrogens is 1. The van der Waals surface area contributed by atoms with Gasteiger partial charge in [0.2, 0.25) is 0 Å². The van der Waals surface area contributed by atoms with Crippen molar-refractivity contribution >= 4 is 22.6 Å². The number of hydrogen-bond acceptors (Lipinski definition) is 4. The molecule has 2 atom stereocenters. The van der Waals surface area contributed by atoms with E-state index in [1.54, 1.807) is 6.20 Å². The van der Waals surface area contributed by atoms with E-state index in [0.717, 1.165) is 30.3 Å². The van der Waals surface area contributed by atoms with Crippen LogP contribution >= 0.6 is 0 Å². The largest absolute Gasteiger partial charge is 0.466 e. The molecule has 2 heterocycles. The molecule has 0 saturated heterocycles. The number of allylic oxidation sites excluding steroid dienone is 2. The summed E-state index contributed by atoms with van der Waals surface area (Å²) in [5.41, 5.74) is 4.36. The Morgan fingerprint density at radius 2 is 2.41 bits per heavy atom. The highest BCUT2D eigenvalue weighted by Gasteiger charge is 2.27. The van der Waals surface area contributed by atoms with Gasteiger partial charge in [0.1, 0.15) is 5.52 Å². The molecule has 22 heavy (non-hydrogen) atoms. The van der Waals surface area contributed by atoms with Gasteiger partial charge in [-0.25, -0.2) is 0 Å². The Hall–Kier alpha value is -2.17. The Bertz CT molecular complexity index is 705. The number of fused-ring (bicyclic) bond motifs is 1. The van der Waals surface area contributed by atoms with Crippen molar-refractivity contribution in [1.82, 2.24) is 15.2 Å². The zero-order valence-electron chi connectivity index (χ0n) is 13.0. The van der Waals surface area contributed by atoms with Gasteiger partial charge < -0.3 is 4.74 Å². The van der Waals surface area contributed by atoms with Gasteiger partial charge in [0.25, 0.3) is 0 Å². The van der Waals surface area contributed by atoms with Gasteiger partial charge in [-0.2, -0.15) is 5.10 Å². The second-order valence-corrected chi connectivity index (χ2v) is 5.79. The van der Waals surface area contributed by atoms with Gasteiger partial charge in [0, 0.05) is 11.8 Å². The Morgan fingerprint density at radius 1 is 1.55 bits per heavy atom. The van der Waals surface area contributed by atoms with Crippen LogP contribution in [0.15, 0.2) is 24.5 Å². The summed E-state index contributed by atoms with van der Waals surface area (Å²) in [6.07, 6.45) is 8.69. The molecule has 5 nitrogen and oxygen atoms in total. The van der Waals surface area contributed by atoms with Gasteiger partial charge in [0.05, 0.1) is 24.2 Å². The van der Waals surface area contributed by atoms with Gasteiger partial charge >= 0.3 is 5.97 Å². The lowest BCUT2D eigenvalue weighted by Gasteiger charge is -2.26. The standard InChI is InChI=1S/C17H21N3O2/c1-3-22-17(21)11(2)12-4-6-13(7-5-12)14-8-9-18-15-10-19-20-16(14)15/h6,8-12H,3-5,7H2,1-2H3,(H,19,20). The average molecular weight is 299 g/mol. The lowest BCUT2D eigenvalue weighted by molar-refractivity contribution is -0.149. The monoisotopic (exact) mass is 299 g/mol. The van der Waals surface area contributed by atoms with E-state index >= 15 is 0 Å². The first kappa shape index (κ1) is 14.8. The Balaban J connectivity index is 1.76. The molecule has 1 aliphatic carbocycles. The van der Waals surface area contributed by atoms with Crippen LogP contribution in [0.5, 0.6) is 0 Å². The second kappa shape index (κ2) is 6.30. The molecule has 0 bridgehead atoms. The molecule has 0 spiro atoms. The fraction of sp³-hybridized carbons (Fsp3) is 0.471. The van der Waals surface area contributed by atoms with Crippen molar-refractivity contribution in [3.8, 4) is 0 Å². The van der Waals surface area contributed by atoms with Crippen molar-refractivity contribution in [2.75, 3.05) is 6.61 Å². The third-order valence-electron chi connectivity index (χ3n) is 4.51. The van der Waals surface area contributed by atoms with E-state index in [2.05, 4.69) is 21.3 Å². The molecule has 0 aromatic carbocycles. The molecule has 3 rings (SSSR count). The summed E-state index contributed by atoms with van der Waals surface area (Å²) >= 11 is 0. The smallest absolute Gasteiger partial charge is 0.308 e. The van der Waals surface area contributed by atoms with E-state index in [-0.39, 0.29) is 11.9 Å². The summed E-state index contributed by atoms with van der Waals surface area (Å²) in [5.74, 6) is 0.244. The number of hydrogen-bond donors (Lipinski definition) is 1. The minimum absolute atomic E-state index is 0.0395. The number of ether oxygens (including phenoxy) is 1. The number of aromatic amines is 1. The van der Waals surface area contributed by atoms with Crippen LogP contribution in [0.4, 0.5) is 0 Å². The van der Waals surface area contributed by atoms with E-state index in [1.165, 1.54) is 11.1 Å². The number of nitrogens with one attached hydrogen (secondary N) is 1. The predicted molar refractivity (Wildman–Crippen MR) is 85.0 cm³/mol. The van der Waals surface area contributed by atoms with Crippen LogP contribution in [0.2, 0.25) is 0 Å². The fourth-order valence-electron chi connectivity index (χ4n) is 3.14. The van der Waals surface area contributed by atoms with Gasteiger partial charge in [-0.15, -0.1) is 0 Å². The highest BCUT2D eigenvalue weighted by molar-refractivity contribution is 5.88. The maximum absolute atomic E-state index is 11.9. The number of nitrogens with zero attached hydrogens (tertiary/aromatic N) is 2. The second-order valence-electron chi connectivity index (χ2n) is 5.79. The van der Waals surface area contributed by atoms with E-state index in [4.69, 9.17) is 4.74 Å². The number of pyridine rings is 1. The molecule has 2 aromatic rings. The number of carbonyl (C=O) groups excluding carboxylic acids is 1. The van der Waals surface area contributed by atoms with Crippen LogP contribution in [0.25, 0.3) is 16.6 Å². The molecule has 1 N–H and O–H groups in total. The summed E-state index contributed by atoms with van der Waals surface area (Å²) in [6, 6.07) is 2.03. The van der Waals surface area contributed by atoms with Crippen molar-refractivity contribution in [1.29, 1.82) is 0 Å². The number of rotatable bonds is 4. The Morgan fingerprint density at radius 3 is 3.14 bits per heavy atom. The quantitative estimate of drug-likeness (QED) is 0.879. The lowest BCUT2D eigenvalue weighted by atomic mass is 9.80. The number of carbonyl (C=O) groups is 1. The third-order valence-corrected chi connectivity index (χ3v) is 4.51. The first-order chi connectivity index (χ1) is 10.7. The predicted octanol–water partition coefficient (Wildman–Crippen LogP) is 3.34. The summed E-state index contributed by atoms with van der Waals surface area (Å²) in [7, 11) is 0. The van der Waals surface area contributed by atoms with Crippen molar-refractivity contribution in [3.05, 3.63) is 30.1 Å². The van der Waals surface area contributed by atoms with Gasteiger partial charge in [0.15, 0.2) is 0 Å². The zero-order valence-corrected chi connectivity index (χ0v) is 13.0. The van der Waals surface area contributed by atoms with Crippen LogP contribution in [-0.4, -0.2) is 27.8 Å². The van der Waals surface area contributed by atoms with Crippen LogP contribution in [0, 0.1) is 11.8 Å². The topological polar surface area (TPSA) is 67.9 Å². The fourth-order valence-corrected chi connectivity index (χ4v) is 3.14. The zero-order chi connectivity index (χ0) is 15.5. The minimum Gasteiger partial charge on any atom is -0.466 e. The van der Waals surface area contributed by atoms with Crippen LogP contribution in [-0.2, 0) is 9.53 Å². The molecular weight excluding hydrogens is 278 g/mol. The van der Waals surface area contributed by atoms with Crippen LogP contribution in [0.3, 0.4) is 0 Å².